The van der Waals surface area contributed by atoms with Crippen LogP contribution in [0.3, 0.4) is 0 Å². The second-order valence-corrected chi connectivity index (χ2v) is 15.6. The van der Waals surface area contributed by atoms with Crippen LogP contribution >= 0.6 is 0 Å². The highest BCUT2D eigenvalue weighted by molar-refractivity contribution is 6.09. The van der Waals surface area contributed by atoms with Gasteiger partial charge >= 0.3 is 0 Å². The summed E-state index contributed by atoms with van der Waals surface area (Å²) in [5.41, 5.74) is 16.0. The first-order chi connectivity index (χ1) is 29.7. The summed E-state index contributed by atoms with van der Waals surface area (Å²) in [7, 11) is 0. The summed E-state index contributed by atoms with van der Waals surface area (Å²) in [6.45, 7) is 0. The minimum atomic E-state index is -0.523. The summed E-state index contributed by atoms with van der Waals surface area (Å²) in [4.78, 5) is 2.37. The summed E-state index contributed by atoms with van der Waals surface area (Å²) < 4.78 is 12.9. The zero-order chi connectivity index (χ0) is 39.6. The number of nitrogens with zero attached hydrogens (tertiary/aromatic N) is 1. The van der Waals surface area contributed by atoms with Crippen molar-refractivity contribution in [1.82, 2.24) is 0 Å². The molecule has 60 heavy (non-hydrogen) atoms. The van der Waals surface area contributed by atoms with Crippen LogP contribution in [0, 0.1) is 0 Å². The zero-order valence-corrected chi connectivity index (χ0v) is 32.6. The highest BCUT2D eigenvalue weighted by atomic mass is 16.3. The molecule has 0 saturated heterocycles. The van der Waals surface area contributed by atoms with Crippen LogP contribution in [-0.2, 0) is 5.41 Å². The van der Waals surface area contributed by atoms with E-state index in [1.54, 1.807) is 0 Å². The maximum Gasteiger partial charge on any atom is 0.143 e. The molecule has 9 aromatic carbocycles. The van der Waals surface area contributed by atoms with Gasteiger partial charge in [0.15, 0.2) is 0 Å². The molecular weight excluding hydrogens is 731 g/mol. The van der Waals surface area contributed by atoms with E-state index in [1.807, 2.05) is 30.3 Å². The summed E-state index contributed by atoms with van der Waals surface area (Å²) in [5, 5.41) is 3.29. The maximum absolute atomic E-state index is 6.47. The lowest BCUT2D eigenvalue weighted by molar-refractivity contribution is 0.631. The van der Waals surface area contributed by atoms with E-state index in [9.17, 15) is 0 Å². The van der Waals surface area contributed by atoms with Gasteiger partial charge in [-0.05, 0) is 93.5 Å². The lowest BCUT2D eigenvalue weighted by atomic mass is 9.67. The first-order valence-electron chi connectivity index (χ1n) is 20.5. The molecule has 0 atom stereocenters. The quantitative estimate of drug-likeness (QED) is 0.162. The van der Waals surface area contributed by atoms with Crippen LogP contribution in [0.1, 0.15) is 22.3 Å². The van der Waals surface area contributed by atoms with E-state index in [0.29, 0.717) is 0 Å². The Balaban J connectivity index is 1.05. The summed E-state index contributed by atoms with van der Waals surface area (Å²) in [5.74, 6) is 0.851. The van der Waals surface area contributed by atoms with Crippen molar-refractivity contribution in [2.45, 2.75) is 5.41 Å². The summed E-state index contributed by atoms with van der Waals surface area (Å²) >= 11 is 0. The molecule has 0 N–H and O–H groups in total. The molecule has 0 saturated carbocycles. The summed E-state index contributed by atoms with van der Waals surface area (Å²) in [6, 6.07) is 80.5. The average molecular weight is 768 g/mol. The second-order valence-electron chi connectivity index (χ2n) is 15.6. The first kappa shape index (κ1) is 34.2. The average Bonchev–Trinajstić information content (AvgIpc) is 4.01. The predicted molar refractivity (Wildman–Crippen MR) is 246 cm³/mol. The first-order valence-corrected chi connectivity index (χ1v) is 20.5. The van der Waals surface area contributed by atoms with Crippen LogP contribution < -0.4 is 4.90 Å². The molecular formula is C57H37NO2. The van der Waals surface area contributed by atoms with Gasteiger partial charge in [-0.25, -0.2) is 0 Å². The predicted octanol–water partition coefficient (Wildman–Crippen LogP) is 15.5. The fourth-order valence-corrected chi connectivity index (χ4v) is 9.72. The highest BCUT2D eigenvalue weighted by Crippen LogP contribution is 2.56. The minimum absolute atomic E-state index is 0.523. The van der Waals surface area contributed by atoms with E-state index in [0.717, 1.165) is 72.4 Å². The molecule has 3 nitrogen and oxygen atoms in total. The zero-order valence-electron chi connectivity index (χ0n) is 32.6. The second kappa shape index (κ2) is 13.6. The standard InChI is InChI=1S/C57H37NO2/c1-3-15-39(16-4-1)55-36-40-35-45(33-34-53(40)59-55)58(43-31-29-38(30-32-43)46-24-14-25-50-49-23-9-12-28-54(49)60-56(46)50)44-20-13-19-42(37-44)57(41-17-5-2-6-18-41)51-26-10-7-21-47(51)48-22-8-11-27-52(48)57/h1-37H. The largest absolute Gasteiger partial charge is 0.456 e. The number of fused-ring (bicyclic) bond motifs is 7. The van der Waals surface area contributed by atoms with E-state index in [4.69, 9.17) is 8.83 Å². The third-order valence-corrected chi connectivity index (χ3v) is 12.4. The van der Waals surface area contributed by atoms with Crippen LogP contribution in [-0.4, -0.2) is 0 Å². The molecule has 0 amide bonds. The molecule has 2 aromatic heterocycles. The van der Waals surface area contributed by atoms with Crippen molar-refractivity contribution >= 4 is 50.0 Å². The van der Waals surface area contributed by atoms with Gasteiger partial charge in [-0.2, -0.15) is 0 Å². The van der Waals surface area contributed by atoms with Crippen molar-refractivity contribution in [1.29, 1.82) is 0 Å². The van der Waals surface area contributed by atoms with E-state index in [-0.39, 0.29) is 0 Å². The van der Waals surface area contributed by atoms with Crippen LogP contribution in [0.2, 0.25) is 0 Å². The number of hydrogen-bond acceptors (Lipinski definition) is 3. The summed E-state index contributed by atoms with van der Waals surface area (Å²) in [6.07, 6.45) is 0. The molecule has 0 aliphatic heterocycles. The molecule has 282 valence electrons. The number of benzene rings is 9. The molecule has 11 aromatic rings. The molecule has 0 fully saturated rings. The lowest BCUT2D eigenvalue weighted by Gasteiger charge is -2.35. The Morgan fingerprint density at radius 3 is 1.73 bits per heavy atom. The number of hydrogen-bond donors (Lipinski definition) is 0. The van der Waals surface area contributed by atoms with Crippen molar-refractivity contribution in [2.24, 2.45) is 0 Å². The van der Waals surface area contributed by atoms with Crippen LogP contribution in [0.4, 0.5) is 17.1 Å². The van der Waals surface area contributed by atoms with Gasteiger partial charge < -0.3 is 13.7 Å². The van der Waals surface area contributed by atoms with Crippen molar-refractivity contribution < 1.29 is 8.83 Å². The number of anilines is 3. The van der Waals surface area contributed by atoms with Crippen molar-refractivity contribution in [3.63, 3.8) is 0 Å². The smallest absolute Gasteiger partial charge is 0.143 e. The van der Waals surface area contributed by atoms with E-state index < -0.39 is 5.41 Å². The molecule has 1 aliphatic carbocycles. The molecule has 1 aliphatic rings. The fourth-order valence-electron chi connectivity index (χ4n) is 9.72. The van der Waals surface area contributed by atoms with Gasteiger partial charge in [-0.15, -0.1) is 0 Å². The Morgan fingerprint density at radius 2 is 0.950 bits per heavy atom. The van der Waals surface area contributed by atoms with Gasteiger partial charge in [-0.3, -0.25) is 0 Å². The topological polar surface area (TPSA) is 29.5 Å². The molecule has 3 heteroatoms. The Kier molecular flexibility index (Phi) is 7.76. The number of para-hydroxylation sites is 2. The number of rotatable bonds is 7. The third-order valence-electron chi connectivity index (χ3n) is 12.4. The Morgan fingerprint density at radius 1 is 0.350 bits per heavy atom. The van der Waals surface area contributed by atoms with E-state index >= 15 is 0 Å². The SMILES string of the molecule is c1ccc(-c2cc3cc(N(c4ccc(-c5cccc6c5oc5ccccc56)cc4)c4cccc(C5(c6ccccc6)c6ccccc6-c6ccccc65)c4)ccc3o2)cc1. The van der Waals surface area contributed by atoms with E-state index in [2.05, 4.69) is 199 Å². The third kappa shape index (κ3) is 5.23. The van der Waals surface area contributed by atoms with Crippen LogP contribution in [0.5, 0.6) is 0 Å². The normalized spacial score (nSPS) is 12.8. The van der Waals surface area contributed by atoms with E-state index in [1.165, 1.54) is 33.4 Å². The molecule has 2 heterocycles. The molecule has 0 radical (unpaired) electrons. The Bertz CT molecular complexity index is 3330. The fraction of sp³-hybridized carbons (Fsp3) is 0.0175. The van der Waals surface area contributed by atoms with Crippen molar-refractivity contribution in [3.05, 3.63) is 247 Å². The molecule has 0 unspecified atom stereocenters. The molecule has 0 spiro atoms. The van der Waals surface area contributed by atoms with Gasteiger partial charge in [0.05, 0.1) is 5.41 Å². The number of furan rings is 2. The molecule has 0 bridgehead atoms. The minimum Gasteiger partial charge on any atom is -0.456 e. The Labute approximate surface area is 348 Å². The van der Waals surface area contributed by atoms with Crippen molar-refractivity contribution in [3.8, 4) is 33.6 Å². The van der Waals surface area contributed by atoms with Crippen LogP contribution in [0.25, 0.3) is 66.5 Å². The van der Waals surface area contributed by atoms with Gasteiger partial charge in [0.1, 0.15) is 22.5 Å². The van der Waals surface area contributed by atoms with Gasteiger partial charge in [0, 0.05) is 44.3 Å². The van der Waals surface area contributed by atoms with Crippen molar-refractivity contribution in [2.75, 3.05) is 4.90 Å². The monoisotopic (exact) mass is 767 g/mol. The lowest BCUT2D eigenvalue weighted by Crippen LogP contribution is -2.28. The van der Waals surface area contributed by atoms with Gasteiger partial charge in [-0.1, -0.05) is 170 Å². The van der Waals surface area contributed by atoms with Crippen LogP contribution in [0.15, 0.2) is 233 Å². The van der Waals surface area contributed by atoms with Gasteiger partial charge in [0.2, 0.25) is 0 Å². The molecule has 12 rings (SSSR count). The van der Waals surface area contributed by atoms with Gasteiger partial charge in [0.25, 0.3) is 0 Å². The maximum atomic E-state index is 6.47. The highest BCUT2D eigenvalue weighted by Gasteiger charge is 2.46. The Hall–Kier alpha value is -7.88.